The Morgan fingerprint density at radius 2 is 0.714 bits per heavy atom. The second kappa shape index (κ2) is 15.0. The van der Waals surface area contributed by atoms with Crippen molar-refractivity contribution in [1.82, 2.24) is 33.2 Å². The Labute approximate surface area is 406 Å². The summed E-state index contributed by atoms with van der Waals surface area (Å²) in [6.07, 6.45) is 0. The van der Waals surface area contributed by atoms with Gasteiger partial charge in [-0.25, -0.2) is 0 Å². The smallest absolute Gasteiger partial charge is 0.240 e. The SMILES string of the molecule is [2H]c1c([2H])c([2H])c2c(c1[2H])c1ccccc1n2-c1nc(-c2c(-c3cccc4c5ccccc5n(-c5ccccc5)c34)cccc2-n2c3ccccc3c3ccccc32)nc(-n2c3ccccc3c3ccccc32)n1. The van der Waals surface area contributed by atoms with Crippen molar-refractivity contribution < 1.29 is 5.48 Å². The normalized spacial score (nSPS) is 12.8. The van der Waals surface area contributed by atoms with Crippen LogP contribution in [0.3, 0.4) is 0 Å². The van der Waals surface area contributed by atoms with Gasteiger partial charge < -0.3 is 9.13 Å². The summed E-state index contributed by atoms with van der Waals surface area (Å²) < 4.78 is 45.1. The van der Waals surface area contributed by atoms with E-state index in [9.17, 15) is 2.74 Å². The number of para-hydroxylation sites is 9. The average Bonchev–Trinajstić information content (AvgIpc) is 4.23. The fourth-order valence-corrected chi connectivity index (χ4v) is 11.1. The Kier molecular flexibility index (Phi) is 7.41. The zero-order valence-electron chi connectivity index (χ0n) is 41.3. The van der Waals surface area contributed by atoms with Crippen LogP contribution in [-0.2, 0) is 0 Å². The molecule has 0 saturated heterocycles. The fraction of sp³-hybridized carbons (Fsp3) is 0. The summed E-state index contributed by atoms with van der Waals surface area (Å²) in [4.78, 5) is 16.7. The number of fused-ring (bicyclic) bond motifs is 12. The zero-order valence-corrected chi connectivity index (χ0v) is 37.3. The molecular weight excluding hydrogens is 855 g/mol. The first-order valence-corrected chi connectivity index (χ1v) is 23.4. The Morgan fingerprint density at radius 3 is 1.29 bits per heavy atom. The van der Waals surface area contributed by atoms with Gasteiger partial charge in [0.25, 0.3) is 0 Å². The molecule has 7 heteroatoms. The molecule has 0 unspecified atom stereocenters. The molecule has 70 heavy (non-hydrogen) atoms. The summed E-state index contributed by atoms with van der Waals surface area (Å²) >= 11 is 0. The molecule has 5 heterocycles. The largest absolute Gasteiger partial charge is 0.309 e. The Hall–Kier alpha value is -9.59. The predicted octanol–water partition coefficient (Wildman–Crippen LogP) is 15.6. The fourth-order valence-electron chi connectivity index (χ4n) is 11.1. The van der Waals surface area contributed by atoms with Crippen molar-refractivity contribution >= 4 is 87.2 Å². The third kappa shape index (κ3) is 5.48. The van der Waals surface area contributed by atoms with Crippen LogP contribution in [0.15, 0.2) is 236 Å². The van der Waals surface area contributed by atoms with Crippen LogP contribution in [0.2, 0.25) is 0 Å². The van der Waals surface area contributed by atoms with Crippen LogP contribution in [0.4, 0.5) is 0 Å². The molecule has 0 aliphatic carbocycles. The zero-order chi connectivity index (χ0) is 49.3. The van der Waals surface area contributed by atoms with E-state index in [-0.39, 0.29) is 35.6 Å². The molecule has 5 aromatic heterocycles. The van der Waals surface area contributed by atoms with Crippen LogP contribution >= 0.6 is 0 Å². The summed E-state index contributed by atoms with van der Waals surface area (Å²) in [5.74, 6) is 0.905. The minimum absolute atomic E-state index is 0.131. The minimum Gasteiger partial charge on any atom is -0.309 e. The van der Waals surface area contributed by atoms with E-state index in [0.29, 0.717) is 28.1 Å². The Morgan fingerprint density at radius 1 is 0.300 bits per heavy atom. The maximum atomic E-state index is 9.52. The van der Waals surface area contributed by atoms with E-state index in [0.717, 1.165) is 93.5 Å². The molecule has 0 radical (unpaired) electrons. The number of aromatic nitrogens is 7. The topological polar surface area (TPSA) is 58.4 Å². The molecule has 0 aliphatic heterocycles. The van der Waals surface area contributed by atoms with Crippen molar-refractivity contribution in [1.29, 1.82) is 0 Å². The van der Waals surface area contributed by atoms with Crippen LogP contribution in [0.5, 0.6) is 0 Å². The molecule has 0 amide bonds. The molecule has 0 fully saturated rings. The van der Waals surface area contributed by atoms with Crippen molar-refractivity contribution in [2.45, 2.75) is 0 Å². The van der Waals surface area contributed by atoms with Crippen molar-refractivity contribution in [3.8, 4) is 45.8 Å². The lowest BCUT2D eigenvalue weighted by Crippen LogP contribution is -2.11. The first kappa shape index (κ1) is 34.7. The van der Waals surface area contributed by atoms with E-state index in [1.165, 1.54) is 0 Å². The standard InChI is InChI=1S/C63H39N7/c1-2-20-40(21-3-1)67-51-32-11-10-28-47(51)49-30-18-31-50(60(49)67)48-29-19-39-58(68-52-33-12-4-22-41(52)42-23-5-13-34-53(42)68)59(48)61-64-62(69-54-35-14-6-24-43(54)44-25-7-15-36-55(44)69)66-63(65-61)70-56-37-16-8-26-45(56)46-27-9-17-38-57(46)70/h1-39H/i6D,14D,24D,35D. The van der Waals surface area contributed by atoms with Gasteiger partial charge in [-0.3, -0.25) is 9.13 Å². The highest BCUT2D eigenvalue weighted by molar-refractivity contribution is 6.16. The Balaban J connectivity index is 1.15. The van der Waals surface area contributed by atoms with Gasteiger partial charge in [-0.15, -0.1) is 0 Å². The first-order valence-electron chi connectivity index (χ1n) is 25.4. The molecule has 326 valence electrons. The van der Waals surface area contributed by atoms with E-state index in [1.807, 2.05) is 54.6 Å². The molecule has 0 atom stereocenters. The van der Waals surface area contributed by atoms with Gasteiger partial charge in [-0.05, 0) is 66.2 Å². The highest BCUT2D eigenvalue weighted by Gasteiger charge is 2.27. The average molecular weight is 898 g/mol. The first-order chi connectivity index (χ1) is 36.4. The third-order valence-corrected chi connectivity index (χ3v) is 14.0. The highest BCUT2D eigenvalue weighted by atomic mass is 15.3. The van der Waals surface area contributed by atoms with E-state index < -0.39 is 0 Å². The quantitative estimate of drug-likeness (QED) is 0.167. The lowest BCUT2D eigenvalue weighted by Gasteiger charge is -2.20. The number of benzene rings is 10. The molecule has 7 nitrogen and oxygen atoms in total. The van der Waals surface area contributed by atoms with Gasteiger partial charge in [-0.2, -0.15) is 15.0 Å². The summed E-state index contributed by atoms with van der Waals surface area (Å²) in [6.45, 7) is 0. The van der Waals surface area contributed by atoms with Crippen molar-refractivity contribution in [2.75, 3.05) is 0 Å². The molecule has 0 spiro atoms. The van der Waals surface area contributed by atoms with E-state index in [1.54, 1.807) is 4.57 Å². The molecule has 15 aromatic rings. The summed E-state index contributed by atoms with van der Waals surface area (Å²) in [5, 5.41) is 7.53. The van der Waals surface area contributed by atoms with Crippen molar-refractivity contribution in [3.05, 3.63) is 236 Å². The second-order valence-electron chi connectivity index (χ2n) is 17.7. The molecule has 0 N–H and O–H groups in total. The third-order valence-electron chi connectivity index (χ3n) is 14.0. The van der Waals surface area contributed by atoms with Gasteiger partial charge in [0.05, 0.1) is 60.9 Å². The van der Waals surface area contributed by atoms with E-state index >= 15 is 0 Å². The number of rotatable bonds is 6. The van der Waals surface area contributed by atoms with Crippen LogP contribution in [0.1, 0.15) is 5.48 Å². The summed E-state index contributed by atoms with van der Waals surface area (Å²) in [6, 6.07) is 72.1. The minimum atomic E-state index is -0.343. The van der Waals surface area contributed by atoms with Crippen molar-refractivity contribution in [2.24, 2.45) is 0 Å². The highest BCUT2D eigenvalue weighted by Crippen LogP contribution is 2.45. The monoisotopic (exact) mass is 897 g/mol. The van der Waals surface area contributed by atoms with Gasteiger partial charge in [0.15, 0.2) is 5.82 Å². The molecule has 0 saturated carbocycles. The Bertz CT molecular complexity index is 4750. The van der Waals surface area contributed by atoms with Crippen LogP contribution < -0.4 is 0 Å². The van der Waals surface area contributed by atoms with Gasteiger partial charge in [0.1, 0.15) is 0 Å². The number of nitrogens with zero attached hydrogens (tertiary/aromatic N) is 7. The summed E-state index contributed by atoms with van der Waals surface area (Å²) in [5.41, 5.74) is 11.3. The molecule has 0 aliphatic rings. The lowest BCUT2D eigenvalue weighted by atomic mass is 9.95. The molecule has 10 aromatic carbocycles. The van der Waals surface area contributed by atoms with Crippen LogP contribution in [0.25, 0.3) is 133 Å². The van der Waals surface area contributed by atoms with Crippen molar-refractivity contribution in [3.63, 3.8) is 0 Å². The van der Waals surface area contributed by atoms with Gasteiger partial charge in [0.2, 0.25) is 11.9 Å². The van der Waals surface area contributed by atoms with Gasteiger partial charge in [-0.1, -0.05) is 176 Å². The van der Waals surface area contributed by atoms with Gasteiger partial charge in [0, 0.05) is 54.3 Å². The molecule has 0 bridgehead atoms. The van der Waals surface area contributed by atoms with E-state index in [4.69, 9.17) is 17.7 Å². The predicted molar refractivity (Wildman–Crippen MR) is 288 cm³/mol. The molecule has 15 rings (SSSR count). The van der Waals surface area contributed by atoms with E-state index in [2.05, 4.69) is 171 Å². The van der Waals surface area contributed by atoms with Crippen LogP contribution in [0, 0.1) is 0 Å². The molecular formula is C63H39N7. The second-order valence-corrected chi connectivity index (χ2v) is 17.7. The lowest BCUT2D eigenvalue weighted by molar-refractivity contribution is 0.892. The maximum Gasteiger partial charge on any atom is 0.240 e. The maximum absolute atomic E-state index is 9.52. The van der Waals surface area contributed by atoms with Crippen LogP contribution in [-0.4, -0.2) is 33.2 Å². The summed E-state index contributed by atoms with van der Waals surface area (Å²) in [7, 11) is 0. The van der Waals surface area contributed by atoms with Gasteiger partial charge >= 0.3 is 0 Å². The number of hydrogen-bond donors (Lipinski definition) is 0. The number of hydrogen-bond acceptors (Lipinski definition) is 3.